The predicted octanol–water partition coefficient (Wildman–Crippen LogP) is 2.02. The predicted molar refractivity (Wildman–Crippen MR) is 101 cm³/mol. The molecule has 7 heteroatoms. The molecule has 3 aliphatic rings. The van der Waals surface area contributed by atoms with Crippen molar-refractivity contribution in [1.29, 1.82) is 0 Å². The van der Waals surface area contributed by atoms with E-state index in [2.05, 4.69) is 17.1 Å². The number of likely N-dealkylation sites (tertiary alicyclic amines) is 1. The summed E-state index contributed by atoms with van der Waals surface area (Å²) < 4.78 is 5.23. The van der Waals surface area contributed by atoms with E-state index in [-0.39, 0.29) is 24.5 Å². The first-order chi connectivity index (χ1) is 13.0. The molecule has 0 aliphatic carbocycles. The van der Waals surface area contributed by atoms with Gasteiger partial charge in [0.05, 0.1) is 16.9 Å². The van der Waals surface area contributed by atoms with Crippen LogP contribution in [0.25, 0.3) is 0 Å². The van der Waals surface area contributed by atoms with Gasteiger partial charge >= 0.3 is 5.97 Å². The Labute approximate surface area is 158 Å². The summed E-state index contributed by atoms with van der Waals surface area (Å²) >= 11 is 0. The lowest BCUT2D eigenvalue weighted by Gasteiger charge is -2.33. The van der Waals surface area contributed by atoms with Crippen molar-refractivity contribution >= 4 is 29.2 Å². The third-order valence-electron chi connectivity index (χ3n) is 5.69. The highest BCUT2D eigenvalue weighted by Gasteiger charge is 2.36. The number of esters is 1. The van der Waals surface area contributed by atoms with Gasteiger partial charge in [0, 0.05) is 19.6 Å². The van der Waals surface area contributed by atoms with Crippen LogP contribution in [0.4, 0.5) is 11.4 Å². The molecule has 27 heavy (non-hydrogen) atoms. The first-order valence-electron chi connectivity index (χ1n) is 9.69. The third-order valence-corrected chi connectivity index (χ3v) is 5.69. The van der Waals surface area contributed by atoms with E-state index in [4.69, 9.17) is 4.74 Å². The molecule has 0 saturated carbocycles. The maximum Gasteiger partial charge on any atom is 0.338 e. The van der Waals surface area contributed by atoms with Gasteiger partial charge in [-0.1, -0.05) is 6.92 Å². The lowest BCUT2D eigenvalue weighted by Crippen LogP contribution is -2.44. The Kier molecular flexibility index (Phi) is 4.76. The molecule has 2 atom stereocenters. The van der Waals surface area contributed by atoms with Crippen molar-refractivity contribution in [1.82, 2.24) is 4.90 Å². The number of carbonyl (C=O) groups excluding carboxylic acids is 3. The van der Waals surface area contributed by atoms with Crippen LogP contribution in [0.3, 0.4) is 0 Å². The van der Waals surface area contributed by atoms with Crippen LogP contribution in [0.5, 0.6) is 0 Å². The van der Waals surface area contributed by atoms with Crippen molar-refractivity contribution in [3.63, 3.8) is 0 Å². The number of hydrogen-bond acceptors (Lipinski definition) is 5. The Hall–Kier alpha value is -2.57. The summed E-state index contributed by atoms with van der Waals surface area (Å²) in [6, 6.07) is 5.07. The molecule has 0 bridgehead atoms. The van der Waals surface area contributed by atoms with Crippen LogP contribution in [-0.2, 0) is 14.3 Å². The monoisotopic (exact) mass is 371 g/mol. The van der Waals surface area contributed by atoms with Crippen LogP contribution in [0.2, 0.25) is 0 Å². The Morgan fingerprint density at radius 3 is 2.85 bits per heavy atom. The zero-order valence-corrected chi connectivity index (χ0v) is 15.6. The molecule has 4 rings (SSSR count). The van der Waals surface area contributed by atoms with Crippen molar-refractivity contribution in [3.8, 4) is 0 Å². The van der Waals surface area contributed by atoms with Gasteiger partial charge in [-0.2, -0.15) is 0 Å². The molecule has 2 fully saturated rings. The zero-order chi connectivity index (χ0) is 19.0. The first-order valence-corrected chi connectivity index (χ1v) is 9.69. The Morgan fingerprint density at radius 1 is 1.22 bits per heavy atom. The van der Waals surface area contributed by atoms with Gasteiger partial charge in [0.1, 0.15) is 6.04 Å². The number of ether oxygens (including phenoxy) is 1. The van der Waals surface area contributed by atoms with Crippen molar-refractivity contribution < 1.29 is 19.1 Å². The van der Waals surface area contributed by atoms with E-state index in [1.165, 1.54) is 0 Å². The quantitative estimate of drug-likeness (QED) is 0.823. The molecule has 7 nitrogen and oxygen atoms in total. The second kappa shape index (κ2) is 7.21. The van der Waals surface area contributed by atoms with E-state index in [9.17, 15) is 14.4 Å². The maximum absolute atomic E-state index is 12.4. The minimum atomic E-state index is -0.547. The highest BCUT2D eigenvalue weighted by molar-refractivity contribution is 6.05. The van der Waals surface area contributed by atoms with E-state index in [1.807, 2.05) is 6.07 Å². The Morgan fingerprint density at radius 2 is 2.04 bits per heavy atom. The third kappa shape index (κ3) is 3.50. The van der Waals surface area contributed by atoms with E-state index < -0.39 is 5.97 Å². The van der Waals surface area contributed by atoms with E-state index in [0.717, 1.165) is 51.0 Å². The summed E-state index contributed by atoms with van der Waals surface area (Å²) in [7, 11) is 0. The molecule has 0 unspecified atom stereocenters. The fraction of sp³-hybridized carbons (Fsp3) is 0.550. The number of nitrogens with zero attached hydrogens (tertiary/aromatic N) is 2. The molecule has 2 amide bonds. The molecule has 3 heterocycles. The molecule has 144 valence electrons. The summed E-state index contributed by atoms with van der Waals surface area (Å²) in [5.74, 6) is -0.243. The van der Waals surface area contributed by atoms with Crippen LogP contribution in [-0.4, -0.2) is 55.0 Å². The molecule has 1 N–H and O–H groups in total. The Balaban J connectivity index is 1.40. The molecule has 0 spiro atoms. The van der Waals surface area contributed by atoms with Crippen LogP contribution >= 0.6 is 0 Å². The zero-order valence-electron chi connectivity index (χ0n) is 15.6. The number of piperidine rings is 1. The highest BCUT2D eigenvalue weighted by atomic mass is 16.5. The normalized spacial score (nSPS) is 24.1. The minimum absolute atomic E-state index is 0.0279. The molecular formula is C20H25N3O4. The summed E-state index contributed by atoms with van der Waals surface area (Å²) in [4.78, 5) is 40.7. The number of nitrogens with one attached hydrogen (secondary N) is 1. The topological polar surface area (TPSA) is 79.0 Å². The molecule has 1 aromatic rings. The average Bonchev–Trinajstić information content (AvgIpc) is 3.16. The fourth-order valence-electron chi connectivity index (χ4n) is 4.28. The number of anilines is 2. The largest absolute Gasteiger partial charge is 0.452 e. The standard InChI is InChI=1S/C20H25N3O4/c1-13-4-2-8-22(11-13)18(24)12-27-20(26)14-6-7-16-15(10-14)21-19(25)17-5-3-9-23(16)17/h6-7,10,13,17H,2-5,8-9,11-12H2,1H3,(H,21,25)/t13-,17-/m0/s1. The SMILES string of the molecule is C[C@H]1CCCN(C(=O)COC(=O)c2ccc3c(c2)NC(=O)[C@@H]2CCCN32)C1. The number of carbonyl (C=O) groups is 3. The van der Waals surface area contributed by atoms with Crippen LogP contribution in [0.1, 0.15) is 43.0 Å². The van der Waals surface area contributed by atoms with Gasteiger partial charge in [-0.15, -0.1) is 0 Å². The van der Waals surface area contributed by atoms with Crippen molar-refractivity contribution in [3.05, 3.63) is 23.8 Å². The second-order valence-electron chi connectivity index (χ2n) is 7.74. The number of fused-ring (bicyclic) bond motifs is 3. The highest BCUT2D eigenvalue weighted by Crippen LogP contribution is 2.37. The van der Waals surface area contributed by atoms with Crippen LogP contribution in [0.15, 0.2) is 18.2 Å². The van der Waals surface area contributed by atoms with Crippen molar-refractivity contribution in [2.75, 3.05) is 36.5 Å². The molecule has 0 aromatic heterocycles. The molecular weight excluding hydrogens is 346 g/mol. The molecule has 0 radical (unpaired) electrons. The average molecular weight is 371 g/mol. The van der Waals surface area contributed by atoms with Gasteiger partial charge in [0.25, 0.3) is 5.91 Å². The summed E-state index contributed by atoms with van der Waals surface area (Å²) in [6.07, 6.45) is 3.95. The van der Waals surface area contributed by atoms with Gasteiger partial charge in [0.2, 0.25) is 5.91 Å². The number of benzene rings is 1. The minimum Gasteiger partial charge on any atom is -0.452 e. The van der Waals surface area contributed by atoms with Crippen LogP contribution in [0, 0.1) is 5.92 Å². The van der Waals surface area contributed by atoms with Gasteiger partial charge in [-0.05, 0) is 49.8 Å². The van der Waals surface area contributed by atoms with E-state index in [1.54, 1.807) is 17.0 Å². The van der Waals surface area contributed by atoms with E-state index >= 15 is 0 Å². The smallest absolute Gasteiger partial charge is 0.338 e. The van der Waals surface area contributed by atoms with Gasteiger partial charge in [-0.25, -0.2) is 4.79 Å². The van der Waals surface area contributed by atoms with Crippen molar-refractivity contribution in [2.24, 2.45) is 5.92 Å². The lowest BCUT2D eigenvalue weighted by molar-refractivity contribution is -0.136. The fourth-order valence-corrected chi connectivity index (χ4v) is 4.28. The number of amides is 2. The number of rotatable bonds is 3. The van der Waals surface area contributed by atoms with Gasteiger partial charge in [0.15, 0.2) is 6.61 Å². The van der Waals surface area contributed by atoms with Crippen LogP contribution < -0.4 is 10.2 Å². The Bertz CT molecular complexity index is 778. The summed E-state index contributed by atoms with van der Waals surface area (Å²) in [5, 5.41) is 2.88. The number of hydrogen-bond donors (Lipinski definition) is 1. The summed E-state index contributed by atoms with van der Waals surface area (Å²) in [5.41, 5.74) is 1.90. The summed E-state index contributed by atoms with van der Waals surface area (Å²) in [6.45, 7) is 4.17. The van der Waals surface area contributed by atoms with Gasteiger partial charge < -0.3 is 19.9 Å². The second-order valence-corrected chi connectivity index (χ2v) is 7.74. The van der Waals surface area contributed by atoms with Gasteiger partial charge in [-0.3, -0.25) is 9.59 Å². The first kappa shape index (κ1) is 17.8. The van der Waals surface area contributed by atoms with E-state index in [0.29, 0.717) is 17.2 Å². The molecule has 1 aromatic carbocycles. The molecule has 3 aliphatic heterocycles. The molecule has 2 saturated heterocycles. The van der Waals surface area contributed by atoms with Crippen molar-refractivity contribution in [2.45, 2.75) is 38.6 Å². The lowest BCUT2D eigenvalue weighted by atomic mass is 10.0. The maximum atomic E-state index is 12.4.